The second-order valence-corrected chi connectivity index (χ2v) is 9.77. The zero-order chi connectivity index (χ0) is 21.7. The first-order valence-corrected chi connectivity index (χ1v) is 11.4. The van der Waals surface area contributed by atoms with E-state index < -0.39 is 5.41 Å². The van der Waals surface area contributed by atoms with Crippen LogP contribution < -0.4 is 0 Å². The van der Waals surface area contributed by atoms with Crippen LogP contribution in [0, 0.1) is 5.41 Å². The number of rotatable bonds is 7. The Labute approximate surface area is 183 Å². The van der Waals surface area contributed by atoms with Gasteiger partial charge in [0.2, 0.25) is 11.8 Å². The van der Waals surface area contributed by atoms with E-state index in [1.54, 1.807) is 23.3 Å². The van der Waals surface area contributed by atoms with Crippen molar-refractivity contribution >= 4 is 23.2 Å². The fourth-order valence-corrected chi connectivity index (χ4v) is 4.86. The van der Waals surface area contributed by atoms with E-state index in [2.05, 4.69) is 23.6 Å². The van der Waals surface area contributed by atoms with Crippen LogP contribution in [0.2, 0.25) is 0 Å². The number of amides is 2. The van der Waals surface area contributed by atoms with E-state index in [0.717, 1.165) is 12.0 Å². The minimum absolute atomic E-state index is 0.00329. The number of hydrogen-bond acceptors (Lipinski definition) is 4. The van der Waals surface area contributed by atoms with E-state index in [-0.39, 0.29) is 24.4 Å². The molecule has 6 heteroatoms. The Morgan fingerprint density at radius 1 is 1.20 bits per heavy atom. The lowest BCUT2D eigenvalue weighted by Gasteiger charge is -2.38. The highest BCUT2D eigenvalue weighted by Crippen LogP contribution is 2.37. The molecule has 30 heavy (non-hydrogen) atoms. The number of thiophene rings is 1. The lowest BCUT2D eigenvalue weighted by Crippen LogP contribution is -2.49. The Bertz CT molecular complexity index is 857. The van der Waals surface area contributed by atoms with Crippen molar-refractivity contribution in [1.82, 2.24) is 9.80 Å². The van der Waals surface area contributed by atoms with Gasteiger partial charge in [-0.05, 0) is 35.4 Å². The Balaban J connectivity index is 1.84. The van der Waals surface area contributed by atoms with Gasteiger partial charge in [0.25, 0.3) is 0 Å². The van der Waals surface area contributed by atoms with E-state index in [9.17, 15) is 9.59 Å². The van der Waals surface area contributed by atoms with Crippen LogP contribution in [0.1, 0.15) is 49.2 Å². The molecule has 0 saturated carbocycles. The molecule has 0 saturated heterocycles. The van der Waals surface area contributed by atoms with Crippen molar-refractivity contribution in [3.63, 3.8) is 0 Å². The first kappa shape index (κ1) is 22.5. The van der Waals surface area contributed by atoms with Gasteiger partial charge >= 0.3 is 0 Å². The summed E-state index contributed by atoms with van der Waals surface area (Å²) in [5.41, 5.74) is 1.78. The fraction of sp³-hybridized carbons (Fsp3) is 0.500. The molecule has 1 aliphatic rings. The number of carbonyl (C=O) groups excluding carboxylic acids is 2. The average molecular weight is 429 g/mol. The third-order valence-electron chi connectivity index (χ3n) is 5.43. The van der Waals surface area contributed by atoms with Crippen molar-refractivity contribution in [3.05, 3.63) is 57.8 Å². The lowest BCUT2D eigenvalue weighted by molar-refractivity contribution is -0.146. The lowest BCUT2D eigenvalue weighted by atomic mass is 9.92. The Hall–Kier alpha value is -2.18. The third-order valence-corrected chi connectivity index (χ3v) is 6.43. The molecule has 0 radical (unpaired) electrons. The Kier molecular flexibility index (Phi) is 7.32. The smallest absolute Gasteiger partial charge is 0.242 e. The van der Waals surface area contributed by atoms with Crippen molar-refractivity contribution in [1.29, 1.82) is 0 Å². The number of benzene rings is 1. The van der Waals surface area contributed by atoms with Gasteiger partial charge in [0.1, 0.15) is 0 Å². The molecule has 0 aliphatic carbocycles. The zero-order valence-corrected chi connectivity index (χ0v) is 19.2. The van der Waals surface area contributed by atoms with Gasteiger partial charge in [-0.2, -0.15) is 0 Å². The molecule has 0 spiro atoms. The fourth-order valence-electron chi connectivity index (χ4n) is 3.96. The second kappa shape index (κ2) is 9.75. The highest BCUT2D eigenvalue weighted by Gasteiger charge is 2.35. The standard InChI is InChI=1S/C24H32N2O3S/c1-24(2,3)23(28)25(13-8-15-29-4)17-21(27)26-14-11-20-19(12-16-30-20)22(26)18-9-6-5-7-10-18/h5-7,9-10,12,16,22H,8,11,13-15,17H2,1-4H3/t22-/m1/s1. The molecule has 3 rings (SSSR count). The number of nitrogens with zero attached hydrogens (tertiary/aromatic N) is 2. The molecule has 2 aromatic rings. The van der Waals surface area contributed by atoms with Crippen molar-refractivity contribution in [2.24, 2.45) is 5.41 Å². The highest BCUT2D eigenvalue weighted by molar-refractivity contribution is 7.10. The molecule has 2 heterocycles. The quantitative estimate of drug-likeness (QED) is 0.623. The van der Waals surface area contributed by atoms with Gasteiger partial charge in [-0.1, -0.05) is 51.1 Å². The van der Waals surface area contributed by atoms with Gasteiger partial charge in [-0.3, -0.25) is 9.59 Å². The maximum atomic E-state index is 13.5. The summed E-state index contributed by atoms with van der Waals surface area (Å²) in [6, 6.07) is 12.2. The highest BCUT2D eigenvalue weighted by atomic mass is 32.1. The van der Waals surface area contributed by atoms with Crippen LogP contribution in [-0.4, -0.2) is 55.0 Å². The Morgan fingerprint density at radius 2 is 1.93 bits per heavy atom. The van der Waals surface area contributed by atoms with Crippen LogP contribution >= 0.6 is 11.3 Å². The molecule has 0 bridgehead atoms. The maximum absolute atomic E-state index is 13.5. The van der Waals surface area contributed by atoms with Crippen molar-refractivity contribution in [3.8, 4) is 0 Å². The van der Waals surface area contributed by atoms with Crippen molar-refractivity contribution < 1.29 is 14.3 Å². The van der Waals surface area contributed by atoms with Gasteiger partial charge in [0, 0.05) is 37.1 Å². The zero-order valence-electron chi connectivity index (χ0n) is 18.4. The number of fused-ring (bicyclic) bond motifs is 1. The minimum Gasteiger partial charge on any atom is -0.385 e. The number of carbonyl (C=O) groups is 2. The third kappa shape index (κ3) is 5.10. The van der Waals surface area contributed by atoms with E-state index in [1.807, 2.05) is 43.9 Å². The number of methoxy groups -OCH3 is 1. The summed E-state index contributed by atoms with van der Waals surface area (Å²) in [5.74, 6) is -0.00725. The van der Waals surface area contributed by atoms with Gasteiger partial charge in [-0.15, -0.1) is 11.3 Å². The molecular formula is C24H32N2O3S. The van der Waals surface area contributed by atoms with Crippen molar-refractivity contribution in [2.45, 2.75) is 39.7 Å². The van der Waals surface area contributed by atoms with Gasteiger partial charge in [-0.25, -0.2) is 0 Å². The minimum atomic E-state index is -0.533. The molecule has 5 nitrogen and oxygen atoms in total. The summed E-state index contributed by atoms with van der Waals surface area (Å²) in [6.07, 6.45) is 1.57. The van der Waals surface area contributed by atoms with Gasteiger partial charge < -0.3 is 14.5 Å². The monoisotopic (exact) mass is 428 g/mol. The molecular weight excluding hydrogens is 396 g/mol. The van der Waals surface area contributed by atoms with Crippen LogP contribution in [0.15, 0.2) is 41.8 Å². The molecule has 2 amide bonds. The van der Waals surface area contributed by atoms with E-state index in [0.29, 0.717) is 26.1 Å². The predicted octanol–water partition coefficient (Wildman–Crippen LogP) is 4.13. The Morgan fingerprint density at radius 3 is 2.60 bits per heavy atom. The number of hydrogen-bond donors (Lipinski definition) is 0. The van der Waals surface area contributed by atoms with E-state index in [4.69, 9.17) is 4.74 Å². The predicted molar refractivity (Wildman–Crippen MR) is 121 cm³/mol. The summed E-state index contributed by atoms with van der Waals surface area (Å²) in [4.78, 5) is 31.5. The first-order valence-electron chi connectivity index (χ1n) is 10.5. The summed E-state index contributed by atoms with van der Waals surface area (Å²) >= 11 is 1.76. The van der Waals surface area contributed by atoms with E-state index in [1.165, 1.54) is 10.4 Å². The van der Waals surface area contributed by atoms with Crippen LogP contribution in [0.5, 0.6) is 0 Å². The molecule has 1 aromatic heterocycles. The normalized spacial score (nSPS) is 16.3. The number of ether oxygens (including phenoxy) is 1. The molecule has 1 aromatic carbocycles. The average Bonchev–Trinajstić information content (AvgIpc) is 3.20. The van der Waals surface area contributed by atoms with Gasteiger partial charge in [0.15, 0.2) is 0 Å². The molecule has 1 atom stereocenters. The molecule has 1 aliphatic heterocycles. The van der Waals surface area contributed by atoms with Crippen LogP contribution in [-0.2, 0) is 20.7 Å². The summed E-state index contributed by atoms with van der Waals surface area (Å²) in [7, 11) is 1.65. The molecule has 0 fully saturated rings. The van der Waals surface area contributed by atoms with Crippen molar-refractivity contribution in [2.75, 3.05) is 33.4 Å². The SMILES string of the molecule is COCCCN(CC(=O)N1CCc2sccc2[C@H]1c1ccccc1)C(=O)C(C)(C)C. The summed E-state index contributed by atoms with van der Waals surface area (Å²) in [5, 5.41) is 2.11. The largest absolute Gasteiger partial charge is 0.385 e. The first-order chi connectivity index (χ1) is 14.3. The van der Waals surface area contributed by atoms with Crippen LogP contribution in [0.3, 0.4) is 0 Å². The molecule has 0 N–H and O–H groups in total. The maximum Gasteiger partial charge on any atom is 0.242 e. The molecule has 0 unspecified atom stereocenters. The van der Waals surface area contributed by atoms with E-state index >= 15 is 0 Å². The van der Waals surface area contributed by atoms with Crippen LogP contribution in [0.4, 0.5) is 0 Å². The molecule has 162 valence electrons. The van der Waals surface area contributed by atoms with Crippen LogP contribution in [0.25, 0.3) is 0 Å². The topological polar surface area (TPSA) is 49.9 Å². The summed E-state index contributed by atoms with van der Waals surface area (Å²) < 4.78 is 5.15. The summed E-state index contributed by atoms with van der Waals surface area (Å²) in [6.45, 7) is 7.54. The van der Waals surface area contributed by atoms with Gasteiger partial charge in [0.05, 0.1) is 12.6 Å². The second-order valence-electron chi connectivity index (χ2n) is 8.77.